The van der Waals surface area contributed by atoms with Crippen LogP contribution in [0.1, 0.15) is 37.8 Å². The average Bonchev–Trinajstić information content (AvgIpc) is 2.72. The van der Waals surface area contributed by atoms with Crippen LogP contribution in [0, 0.1) is 11.7 Å². The fourth-order valence-electron chi connectivity index (χ4n) is 2.48. The first-order valence-electron chi connectivity index (χ1n) is 6.33. The Morgan fingerprint density at radius 2 is 2.29 bits per heavy atom. The molecule has 1 aliphatic rings. The van der Waals surface area contributed by atoms with Crippen LogP contribution in [0.2, 0.25) is 0 Å². The van der Waals surface area contributed by atoms with Crippen LogP contribution in [-0.4, -0.2) is 17.8 Å². The molecular weight excluding hydrogens is 217 g/mol. The number of hydrogen-bond acceptors (Lipinski definition) is 2. The minimum Gasteiger partial charge on any atom is -0.393 e. The molecule has 17 heavy (non-hydrogen) atoms. The van der Waals surface area contributed by atoms with E-state index < -0.39 is 0 Å². The lowest BCUT2D eigenvalue weighted by Gasteiger charge is -2.19. The Hall–Kier alpha value is -0.930. The molecule has 1 aromatic rings. The summed E-state index contributed by atoms with van der Waals surface area (Å²) in [6.07, 6.45) is 2.95. The molecule has 0 amide bonds. The van der Waals surface area contributed by atoms with Gasteiger partial charge >= 0.3 is 0 Å². The molecule has 0 aliphatic heterocycles. The van der Waals surface area contributed by atoms with Gasteiger partial charge in [-0.05, 0) is 43.4 Å². The van der Waals surface area contributed by atoms with Crippen LogP contribution in [0.5, 0.6) is 0 Å². The quantitative estimate of drug-likeness (QED) is 0.843. The summed E-state index contributed by atoms with van der Waals surface area (Å²) in [4.78, 5) is 0. The first kappa shape index (κ1) is 12.5. The van der Waals surface area contributed by atoms with Crippen LogP contribution in [0.4, 0.5) is 4.39 Å². The molecule has 2 rings (SSSR count). The standard InChI is InChI=1S/C14H20FNO/c1-10(11-4-2-6-13(15)8-11)16-9-12-5-3-7-14(12)17/h2,4,6,8,10,12,14,16-17H,3,5,7,9H2,1H3. The summed E-state index contributed by atoms with van der Waals surface area (Å²) in [5, 5.41) is 13.1. The van der Waals surface area contributed by atoms with Crippen molar-refractivity contribution in [3.63, 3.8) is 0 Å². The van der Waals surface area contributed by atoms with Crippen LogP contribution in [0.15, 0.2) is 24.3 Å². The summed E-state index contributed by atoms with van der Waals surface area (Å²) in [5.41, 5.74) is 0.956. The summed E-state index contributed by atoms with van der Waals surface area (Å²) in [5.74, 6) is 0.156. The number of hydrogen-bond donors (Lipinski definition) is 2. The normalized spacial score (nSPS) is 26.1. The molecule has 0 saturated heterocycles. The van der Waals surface area contributed by atoms with Crippen LogP contribution >= 0.6 is 0 Å². The minimum absolute atomic E-state index is 0.124. The predicted molar refractivity (Wildman–Crippen MR) is 66.2 cm³/mol. The maximum atomic E-state index is 13.1. The van der Waals surface area contributed by atoms with Crippen molar-refractivity contribution >= 4 is 0 Å². The second-order valence-electron chi connectivity index (χ2n) is 4.94. The van der Waals surface area contributed by atoms with Crippen LogP contribution < -0.4 is 5.32 Å². The van der Waals surface area contributed by atoms with E-state index in [1.54, 1.807) is 12.1 Å². The third-order valence-corrected chi connectivity index (χ3v) is 3.65. The molecule has 2 N–H and O–H groups in total. The number of nitrogens with one attached hydrogen (secondary N) is 1. The Bertz CT molecular complexity index is 369. The lowest BCUT2D eigenvalue weighted by Crippen LogP contribution is -2.29. The smallest absolute Gasteiger partial charge is 0.123 e. The van der Waals surface area contributed by atoms with E-state index in [9.17, 15) is 9.50 Å². The van der Waals surface area contributed by atoms with Crippen LogP contribution in [0.25, 0.3) is 0 Å². The Balaban J connectivity index is 1.86. The molecule has 94 valence electrons. The number of aliphatic hydroxyl groups excluding tert-OH is 1. The van der Waals surface area contributed by atoms with Gasteiger partial charge in [0.2, 0.25) is 0 Å². The van der Waals surface area contributed by atoms with Crippen molar-refractivity contribution < 1.29 is 9.50 Å². The summed E-state index contributed by atoms with van der Waals surface area (Å²) in [6.45, 7) is 2.83. The second-order valence-corrected chi connectivity index (χ2v) is 4.94. The van der Waals surface area contributed by atoms with Crippen molar-refractivity contribution in [2.45, 2.75) is 38.3 Å². The molecule has 2 nitrogen and oxygen atoms in total. The molecule has 0 radical (unpaired) electrons. The number of halogens is 1. The molecule has 1 aliphatic carbocycles. The third kappa shape index (κ3) is 3.27. The average molecular weight is 237 g/mol. The Morgan fingerprint density at radius 1 is 1.47 bits per heavy atom. The van der Waals surface area contributed by atoms with E-state index in [0.717, 1.165) is 31.4 Å². The molecule has 0 aromatic heterocycles. The number of benzene rings is 1. The Kier molecular flexibility index (Phi) is 4.13. The fraction of sp³-hybridized carbons (Fsp3) is 0.571. The molecule has 3 heteroatoms. The van der Waals surface area contributed by atoms with Gasteiger partial charge in [-0.25, -0.2) is 4.39 Å². The van der Waals surface area contributed by atoms with Gasteiger partial charge < -0.3 is 10.4 Å². The summed E-state index contributed by atoms with van der Waals surface area (Å²) < 4.78 is 13.1. The molecule has 3 unspecified atom stereocenters. The summed E-state index contributed by atoms with van der Waals surface area (Å²) >= 11 is 0. The van der Waals surface area contributed by atoms with Crippen molar-refractivity contribution in [3.05, 3.63) is 35.6 Å². The summed E-state index contributed by atoms with van der Waals surface area (Å²) in [6, 6.07) is 6.79. The highest BCUT2D eigenvalue weighted by atomic mass is 19.1. The lowest BCUT2D eigenvalue weighted by atomic mass is 10.0. The molecule has 1 saturated carbocycles. The van der Waals surface area contributed by atoms with Crippen molar-refractivity contribution in [3.8, 4) is 0 Å². The zero-order valence-electron chi connectivity index (χ0n) is 10.2. The second kappa shape index (κ2) is 5.61. The summed E-state index contributed by atoms with van der Waals surface area (Å²) in [7, 11) is 0. The van der Waals surface area contributed by atoms with Gasteiger partial charge in [0.1, 0.15) is 5.82 Å². The van der Waals surface area contributed by atoms with E-state index in [2.05, 4.69) is 5.32 Å². The maximum absolute atomic E-state index is 13.1. The zero-order chi connectivity index (χ0) is 12.3. The van der Waals surface area contributed by atoms with Gasteiger partial charge in [-0.3, -0.25) is 0 Å². The van der Waals surface area contributed by atoms with E-state index in [1.165, 1.54) is 6.07 Å². The molecule has 0 spiro atoms. The lowest BCUT2D eigenvalue weighted by molar-refractivity contribution is 0.130. The number of rotatable bonds is 4. The Labute approximate surface area is 102 Å². The minimum atomic E-state index is -0.197. The fourth-order valence-corrected chi connectivity index (χ4v) is 2.48. The van der Waals surface area contributed by atoms with Gasteiger partial charge in [0, 0.05) is 12.6 Å². The van der Waals surface area contributed by atoms with E-state index >= 15 is 0 Å². The third-order valence-electron chi connectivity index (χ3n) is 3.65. The van der Waals surface area contributed by atoms with Crippen LogP contribution in [0.3, 0.4) is 0 Å². The predicted octanol–water partition coefficient (Wildman–Crippen LogP) is 2.64. The zero-order valence-corrected chi connectivity index (χ0v) is 10.2. The van der Waals surface area contributed by atoms with Crippen molar-refractivity contribution in [2.24, 2.45) is 5.92 Å². The van der Waals surface area contributed by atoms with Crippen LogP contribution in [-0.2, 0) is 0 Å². The highest BCUT2D eigenvalue weighted by molar-refractivity contribution is 5.19. The van der Waals surface area contributed by atoms with E-state index in [4.69, 9.17) is 0 Å². The largest absolute Gasteiger partial charge is 0.393 e. The van der Waals surface area contributed by atoms with E-state index in [1.807, 2.05) is 13.0 Å². The van der Waals surface area contributed by atoms with Gasteiger partial charge in [0.05, 0.1) is 6.10 Å². The van der Waals surface area contributed by atoms with Gasteiger partial charge in [0.15, 0.2) is 0 Å². The Morgan fingerprint density at radius 3 is 2.94 bits per heavy atom. The number of aliphatic hydroxyl groups is 1. The molecule has 1 fully saturated rings. The molecular formula is C14H20FNO. The van der Waals surface area contributed by atoms with Crippen molar-refractivity contribution in [1.82, 2.24) is 5.32 Å². The van der Waals surface area contributed by atoms with Gasteiger partial charge in [-0.15, -0.1) is 0 Å². The first-order chi connectivity index (χ1) is 8.16. The van der Waals surface area contributed by atoms with Gasteiger partial charge in [-0.2, -0.15) is 0 Å². The molecule has 0 heterocycles. The SMILES string of the molecule is CC(NCC1CCCC1O)c1cccc(F)c1. The first-order valence-corrected chi connectivity index (χ1v) is 6.33. The van der Waals surface area contributed by atoms with Gasteiger partial charge in [-0.1, -0.05) is 18.6 Å². The van der Waals surface area contributed by atoms with Crippen molar-refractivity contribution in [2.75, 3.05) is 6.54 Å². The molecule has 0 bridgehead atoms. The van der Waals surface area contributed by atoms with Gasteiger partial charge in [0.25, 0.3) is 0 Å². The molecule has 3 atom stereocenters. The monoisotopic (exact) mass is 237 g/mol. The van der Waals surface area contributed by atoms with E-state index in [-0.39, 0.29) is 18.0 Å². The molecule has 1 aromatic carbocycles. The van der Waals surface area contributed by atoms with E-state index in [0.29, 0.717) is 5.92 Å². The highest BCUT2D eigenvalue weighted by Gasteiger charge is 2.25. The highest BCUT2D eigenvalue weighted by Crippen LogP contribution is 2.25. The van der Waals surface area contributed by atoms with Crippen molar-refractivity contribution in [1.29, 1.82) is 0 Å². The topological polar surface area (TPSA) is 32.3 Å². The maximum Gasteiger partial charge on any atom is 0.123 e.